The van der Waals surface area contributed by atoms with E-state index >= 15 is 0 Å². The fourth-order valence-corrected chi connectivity index (χ4v) is 4.25. The third-order valence-electron chi connectivity index (χ3n) is 6.02. The van der Waals surface area contributed by atoms with Gasteiger partial charge in [-0.1, -0.05) is 12.1 Å². The van der Waals surface area contributed by atoms with Gasteiger partial charge in [-0.3, -0.25) is 14.4 Å². The molecule has 0 N–H and O–H groups in total. The lowest BCUT2D eigenvalue weighted by Gasteiger charge is -2.40. The molecule has 158 valence electrons. The van der Waals surface area contributed by atoms with Crippen LogP contribution in [0.1, 0.15) is 49.2 Å². The number of rotatable bonds is 5. The fraction of sp³-hybridized carbons (Fsp3) is 0.700. The third-order valence-corrected chi connectivity index (χ3v) is 6.02. The van der Waals surface area contributed by atoms with Crippen molar-refractivity contribution in [2.45, 2.75) is 58.2 Å². The Kier molecular flexibility index (Phi) is 5.69. The van der Waals surface area contributed by atoms with Crippen LogP contribution in [0.15, 0.2) is 10.7 Å². The number of piperidine rings is 1. The first kappa shape index (κ1) is 20.0. The van der Waals surface area contributed by atoms with Crippen molar-refractivity contribution in [1.29, 1.82) is 0 Å². The van der Waals surface area contributed by atoms with Crippen molar-refractivity contribution in [1.82, 2.24) is 29.7 Å². The number of hydrogen-bond acceptors (Lipinski definition) is 7. The first-order valence-electron chi connectivity index (χ1n) is 10.4. The van der Waals surface area contributed by atoms with Crippen LogP contribution in [0.4, 0.5) is 0 Å². The predicted octanol–water partition coefficient (Wildman–Crippen LogP) is 1.46. The van der Waals surface area contributed by atoms with Crippen LogP contribution >= 0.6 is 0 Å². The lowest BCUT2D eigenvalue weighted by atomic mass is 9.87. The summed E-state index contributed by atoms with van der Waals surface area (Å²) < 4.78 is 13.4. The molecule has 0 saturated carbocycles. The summed E-state index contributed by atoms with van der Waals surface area (Å²) >= 11 is 0. The molecule has 2 aliphatic heterocycles. The van der Waals surface area contributed by atoms with E-state index in [9.17, 15) is 4.79 Å². The summed E-state index contributed by atoms with van der Waals surface area (Å²) in [7, 11) is 1.95. The van der Waals surface area contributed by atoms with Gasteiger partial charge in [0.2, 0.25) is 11.8 Å². The Balaban J connectivity index is 1.34. The van der Waals surface area contributed by atoms with Crippen molar-refractivity contribution in [3.05, 3.63) is 29.2 Å². The van der Waals surface area contributed by atoms with E-state index in [4.69, 9.17) is 9.26 Å². The Labute approximate surface area is 171 Å². The van der Waals surface area contributed by atoms with Gasteiger partial charge in [0.05, 0.1) is 24.3 Å². The van der Waals surface area contributed by atoms with Crippen LogP contribution in [0.3, 0.4) is 0 Å². The smallest absolute Gasteiger partial charge is 0.246 e. The van der Waals surface area contributed by atoms with Crippen LogP contribution in [0.2, 0.25) is 0 Å². The molecule has 2 aromatic heterocycles. The zero-order chi connectivity index (χ0) is 20.4. The van der Waals surface area contributed by atoms with Gasteiger partial charge in [0.15, 0.2) is 5.82 Å². The molecule has 4 rings (SSSR count). The molecule has 1 spiro atoms. The lowest BCUT2D eigenvalue weighted by molar-refractivity contribution is -0.136. The van der Waals surface area contributed by atoms with Gasteiger partial charge in [-0.15, -0.1) is 0 Å². The van der Waals surface area contributed by atoms with Crippen LogP contribution in [0.25, 0.3) is 0 Å². The molecule has 9 nitrogen and oxygen atoms in total. The molecule has 4 heterocycles. The first-order valence-corrected chi connectivity index (χ1v) is 10.4. The number of aryl methyl sites for hydroxylation is 3. The summed E-state index contributed by atoms with van der Waals surface area (Å²) in [4.78, 5) is 21.5. The molecule has 29 heavy (non-hydrogen) atoms. The number of hydrogen-bond donors (Lipinski definition) is 0. The number of likely N-dealkylation sites (tertiary alicyclic amines) is 1. The van der Waals surface area contributed by atoms with Crippen LogP contribution in [-0.4, -0.2) is 67.5 Å². The minimum absolute atomic E-state index is 0.107. The van der Waals surface area contributed by atoms with Crippen molar-refractivity contribution in [3.63, 3.8) is 0 Å². The van der Waals surface area contributed by atoms with Crippen LogP contribution in [0, 0.1) is 6.92 Å². The number of aromatic nitrogens is 4. The highest BCUT2D eigenvalue weighted by Crippen LogP contribution is 2.33. The molecule has 0 atom stereocenters. The van der Waals surface area contributed by atoms with E-state index in [-0.39, 0.29) is 11.5 Å². The minimum atomic E-state index is -0.351. The maximum Gasteiger partial charge on any atom is 0.246 e. The second kappa shape index (κ2) is 8.23. The molecule has 2 aromatic rings. The summed E-state index contributed by atoms with van der Waals surface area (Å²) in [6.45, 7) is 8.23. The predicted molar refractivity (Wildman–Crippen MR) is 105 cm³/mol. The molecule has 2 aliphatic rings. The molecular formula is C20H30N6O3. The molecule has 0 aliphatic carbocycles. The highest BCUT2D eigenvalue weighted by molar-refractivity contribution is 5.77. The van der Waals surface area contributed by atoms with Gasteiger partial charge in [-0.05, 0) is 19.8 Å². The maximum atomic E-state index is 12.9. The van der Waals surface area contributed by atoms with Crippen molar-refractivity contribution < 1.29 is 14.1 Å². The third kappa shape index (κ3) is 4.51. The summed E-state index contributed by atoms with van der Waals surface area (Å²) in [5, 5.41) is 8.35. The van der Waals surface area contributed by atoms with E-state index < -0.39 is 0 Å². The van der Waals surface area contributed by atoms with Crippen LogP contribution in [-0.2, 0) is 36.1 Å². The van der Waals surface area contributed by atoms with E-state index in [1.807, 2.05) is 18.7 Å². The van der Waals surface area contributed by atoms with Crippen LogP contribution in [0.5, 0.6) is 0 Å². The zero-order valence-corrected chi connectivity index (χ0v) is 17.6. The minimum Gasteiger partial charge on any atom is -0.373 e. The maximum absolute atomic E-state index is 12.9. The molecule has 0 bridgehead atoms. The molecule has 0 radical (unpaired) electrons. The molecule has 2 saturated heterocycles. The Hall–Kier alpha value is -2.26. The number of nitrogens with zero attached hydrogens (tertiary/aromatic N) is 6. The van der Waals surface area contributed by atoms with Gasteiger partial charge >= 0.3 is 0 Å². The zero-order valence-electron chi connectivity index (χ0n) is 17.6. The van der Waals surface area contributed by atoms with E-state index in [1.54, 1.807) is 4.90 Å². The Morgan fingerprint density at radius 2 is 2.00 bits per heavy atom. The summed E-state index contributed by atoms with van der Waals surface area (Å²) in [5.74, 6) is 1.27. The quantitative estimate of drug-likeness (QED) is 0.748. The SMILES string of the molecule is CCc1noc(CN2CCOC3(CCN(Cc4cn(C)nc4C)CC3)CC2=O)n1. The van der Waals surface area contributed by atoms with Gasteiger partial charge in [0.25, 0.3) is 0 Å². The number of ether oxygens (including phenoxy) is 1. The molecular weight excluding hydrogens is 372 g/mol. The lowest BCUT2D eigenvalue weighted by Crippen LogP contribution is -2.47. The van der Waals surface area contributed by atoms with Gasteiger partial charge in [0, 0.05) is 51.4 Å². The van der Waals surface area contributed by atoms with Crippen molar-refractivity contribution in [3.8, 4) is 0 Å². The molecule has 9 heteroatoms. The molecule has 0 unspecified atom stereocenters. The van der Waals surface area contributed by atoms with E-state index in [0.29, 0.717) is 37.8 Å². The van der Waals surface area contributed by atoms with Crippen molar-refractivity contribution >= 4 is 5.91 Å². The van der Waals surface area contributed by atoms with Gasteiger partial charge in [-0.2, -0.15) is 10.1 Å². The topological polar surface area (TPSA) is 89.5 Å². The second-order valence-electron chi connectivity index (χ2n) is 8.17. The first-order chi connectivity index (χ1) is 14.0. The molecule has 1 amide bonds. The fourth-order valence-electron chi connectivity index (χ4n) is 4.25. The summed E-state index contributed by atoms with van der Waals surface area (Å²) in [6, 6.07) is 0. The number of amides is 1. The monoisotopic (exact) mass is 402 g/mol. The van der Waals surface area contributed by atoms with E-state index in [1.165, 1.54) is 5.56 Å². The molecule has 0 aromatic carbocycles. The van der Waals surface area contributed by atoms with Gasteiger partial charge in [-0.25, -0.2) is 0 Å². The molecule has 2 fully saturated rings. The Morgan fingerprint density at radius 1 is 1.21 bits per heavy atom. The van der Waals surface area contributed by atoms with E-state index in [0.717, 1.165) is 44.6 Å². The summed E-state index contributed by atoms with van der Waals surface area (Å²) in [5.41, 5.74) is 1.99. The largest absolute Gasteiger partial charge is 0.373 e. The average Bonchev–Trinajstić information content (AvgIpc) is 3.24. The summed E-state index contributed by atoms with van der Waals surface area (Å²) in [6.07, 6.45) is 4.96. The standard InChI is InChI=1S/C20H30N6O3/c1-4-17-21-18(29-23-17)14-26-9-10-28-20(11-19(26)27)5-7-25(8-6-20)13-16-12-24(3)22-15(16)2/h12H,4-11,13-14H2,1-3H3. The Bertz CT molecular complexity index is 852. The normalized spacial score (nSPS) is 20.4. The average molecular weight is 402 g/mol. The number of carbonyl (C=O) groups is 1. The van der Waals surface area contributed by atoms with Gasteiger partial charge < -0.3 is 14.2 Å². The Morgan fingerprint density at radius 3 is 2.66 bits per heavy atom. The van der Waals surface area contributed by atoms with Gasteiger partial charge in [0.1, 0.15) is 6.54 Å². The highest BCUT2D eigenvalue weighted by atomic mass is 16.5. The highest BCUT2D eigenvalue weighted by Gasteiger charge is 2.41. The number of carbonyl (C=O) groups excluding carboxylic acids is 1. The van der Waals surface area contributed by atoms with E-state index in [2.05, 4.69) is 33.3 Å². The van der Waals surface area contributed by atoms with Crippen molar-refractivity contribution in [2.75, 3.05) is 26.2 Å². The van der Waals surface area contributed by atoms with Crippen molar-refractivity contribution in [2.24, 2.45) is 7.05 Å². The van der Waals surface area contributed by atoms with Crippen LogP contribution < -0.4 is 0 Å². The second-order valence-corrected chi connectivity index (χ2v) is 8.17.